The molecule has 32 heavy (non-hydrogen) atoms. The van der Waals surface area contributed by atoms with Crippen molar-refractivity contribution in [2.24, 2.45) is 0 Å². The molecule has 1 saturated heterocycles. The van der Waals surface area contributed by atoms with Crippen molar-refractivity contribution in [2.45, 2.75) is 44.2 Å². The molecule has 1 unspecified atom stereocenters. The van der Waals surface area contributed by atoms with Gasteiger partial charge >= 0.3 is 0 Å². The topological polar surface area (TPSA) is 96.5 Å². The Bertz CT molecular complexity index is 1310. The van der Waals surface area contributed by atoms with Crippen molar-refractivity contribution >= 4 is 26.7 Å². The van der Waals surface area contributed by atoms with Crippen LogP contribution in [-0.4, -0.2) is 42.7 Å². The Balaban J connectivity index is 1.71. The third-order valence-electron chi connectivity index (χ3n) is 5.75. The summed E-state index contributed by atoms with van der Waals surface area (Å²) in [6.45, 7) is 4.05. The van der Waals surface area contributed by atoms with E-state index < -0.39 is 10.0 Å². The predicted molar refractivity (Wildman–Crippen MR) is 122 cm³/mol. The molecular formula is C24H26N2O5S. The van der Waals surface area contributed by atoms with Gasteiger partial charge < -0.3 is 9.72 Å². The maximum absolute atomic E-state index is 13.5. The van der Waals surface area contributed by atoms with E-state index >= 15 is 0 Å². The van der Waals surface area contributed by atoms with E-state index in [0.717, 1.165) is 23.8 Å². The number of hydrogen-bond acceptors (Lipinski definition) is 5. The number of rotatable bonds is 7. The number of ether oxygens (including phenoxy) is 1. The van der Waals surface area contributed by atoms with Gasteiger partial charge in [-0.25, -0.2) is 8.42 Å². The van der Waals surface area contributed by atoms with Crippen molar-refractivity contribution in [2.75, 3.05) is 13.2 Å². The molecule has 1 aliphatic rings. The Morgan fingerprint density at radius 1 is 1.16 bits per heavy atom. The molecule has 0 saturated carbocycles. The smallest absolute Gasteiger partial charge is 0.252 e. The normalized spacial score (nSPS) is 16.7. The molecular weight excluding hydrogens is 428 g/mol. The summed E-state index contributed by atoms with van der Waals surface area (Å²) < 4.78 is 34.0. The molecule has 0 spiro atoms. The molecule has 2 heterocycles. The summed E-state index contributed by atoms with van der Waals surface area (Å²) in [5, 5.41) is 0.838. The van der Waals surface area contributed by atoms with Crippen LogP contribution < -0.4 is 5.56 Å². The van der Waals surface area contributed by atoms with Gasteiger partial charge in [0.1, 0.15) is 0 Å². The van der Waals surface area contributed by atoms with Crippen LogP contribution in [0.25, 0.3) is 10.9 Å². The highest BCUT2D eigenvalue weighted by Gasteiger charge is 2.30. The lowest BCUT2D eigenvalue weighted by Crippen LogP contribution is -2.38. The number of aromatic nitrogens is 1. The fraction of sp³-hybridized carbons (Fsp3) is 0.333. The van der Waals surface area contributed by atoms with E-state index in [1.807, 2.05) is 25.1 Å². The summed E-state index contributed by atoms with van der Waals surface area (Å²) in [6.07, 6.45) is 1.42. The van der Waals surface area contributed by atoms with Crippen LogP contribution in [0.2, 0.25) is 0 Å². The number of nitrogens with one attached hydrogen (secondary N) is 1. The van der Waals surface area contributed by atoms with Gasteiger partial charge in [0.05, 0.1) is 11.0 Å². The number of nitrogens with zero attached hydrogens (tertiary/aromatic N) is 1. The van der Waals surface area contributed by atoms with E-state index in [1.54, 1.807) is 6.07 Å². The SMILES string of the molecule is CC(=O)c1ccc(S(=O)(=O)N(Cc2cc3ccc(C)cc3[nH]c2=O)CC2CCCO2)cc1. The van der Waals surface area contributed by atoms with Crippen LogP contribution in [0.3, 0.4) is 0 Å². The predicted octanol–water partition coefficient (Wildman–Crippen LogP) is 3.41. The Morgan fingerprint density at radius 3 is 2.56 bits per heavy atom. The third-order valence-corrected chi connectivity index (χ3v) is 7.58. The first-order chi connectivity index (χ1) is 15.2. The summed E-state index contributed by atoms with van der Waals surface area (Å²) in [4.78, 5) is 27.3. The highest BCUT2D eigenvalue weighted by Crippen LogP contribution is 2.23. The number of benzene rings is 2. The molecule has 1 N–H and O–H groups in total. The fourth-order valence-corrected chi connectivity index (χ4v) is 5.39. The number of fused-ring (bicyclic) bond motifs is 1. The molecule has 0 radical (unpaired) electrons. The van der Waals surface area contributed by atoms with Gasteiger partial charge in [-0.3, -0.25) is 9.59 Å². The first kappa shape index (κ1) is 22.4. The minimum absolute atomic E-state index is 0.0736. The number of aromatic amines is 1. The minimum Gasteiger partial charge on any atom is -0.377 e. The van der Waals surface area contributed by atoms with Crippen LogP contribution in [0.4, 0.5) is 0 Å². The van der Waals surface area contributed by atoms with E-state index in [2.05, 4.69) is 4.98 Å². The van der Waals surface area contributed by atoms with Gasteiger partial charge in [0, 0.05) is 36.3 Å². The van der Waals surface area contributed by atoms with Crippen LogP contribution in [-0.2, 0) is 21.3 Å². The number of pyridine rings is 1. The van der Waals surface area contributed by atoms with Gasteiger partial charge in [-0.2, -0.15) is 4.31 Å². The first-order valence-corrected chi connectivity index (χ1v) is 12.0. The van der Waals surface area contributed by atoms with Crippen LogP contribution in [0.5, 0.6) is 0 Å². The first-order valence-electron chi connectivity index (χ1n) is 10.6. The molecule has 1 atom stereocenters. The van der Waals surface area contributed by atoms with Crippen LogP contribution >= 0.6 is 0 Å². The monoisotopic (exact) mass is 454 g/mol. The average molecular weight is 455 g/mol. The molecule has 0 bridgehead atoms. The molecule has 4 rings (SSSR count). The third kappa shape index (κ3) is 4.67. The lowest BCUT2D eigenvalue weighted by molar-refractivity contribution is 0.0925. The number of sulfonamides is 1. The van der Waals surface area contributed by atoms with Gasteiger partial charge in [-0.15, -0.1) is 0 Å². The van der Waals surface area contributed by atoms with E-state index in [9.17, 15) is 18.0 Å². The van der Waals surface area contributed by atoms with E-state index in [4.69, 9.17) is 4.74 Å². The van der Waals surface area contributed by atoms with Crippen LogP contribution in [0.1, 0.15) is 41.3 Å². The number of carbonyl (C=O) groups excluding carboxylic acids is 1. The zero-order chi connectivity index (χ0) is 22.9. The molecule has 3 aromatic rings. The van der Waals surface area contributed by atoms with E-state index in [-0.39, 0.29) is 35.4 Å². The lowest BCUT2D eigenvalue weighted by atomic mass is 10.1. The van der Waals surface area contributed by atoms with Crippen LogP contribution in [0, 0.1) is 6.92 Å². The maximum atomic E-state index is 13.5. The summed E-state index contributed by atoms with van der Waals surface area (Å²) in [6, 6.07) is 13.4. The number of aryl methyl sites for hydroxylation is 1. The number of hydrogen-bond donors (Lipinski definition) is 1. The van der Waals surface area contributed by atoms with Crippen molar-refractivity contribution in [3.63, 3.8) is 0 Å². The average Bonchev–Trinajstić information content (AvgIpc) is 3.27. The van der Waals surface area contributed by atoms with E-state index in [0.29, 0.717) is 23.3 Å². The van der Waals surface area contributed by atoms with Gasteiger partial charge in [-0.1, -0.05) is 24.3 Å². The Morgan fingerprint density at radius 2 is 1.91 bits per heavy atom. The number of Topliss-reactive ketones (excluding diaryl/α,β-unsaturated/α-hetero) is 1. The van der Waals surface area contributed by atoms with Gasteiger partial charge in [-0.05, 0) is 61.9 Å². The minimum atomic E-state index is -3.92. The number of carbonyl (C=O) groups is 1. The number of ketones is 1. The van der Waals surface area contributed by atoms with Crippen molar-refractivity contribution < 1.29 is 17.9 Å². The van der Waals surface area contributed by atoms with E-state index in [1.165, 1.54) is 35.5 Å². The zero-order valence-electron chi connectivity index (χ0n) is 18.1. The van der Waals surface area contributed by atoms with Crippen molar-refractivity contribution in [3.8, 4) is 0 Å². The second kappa shape index (κ2) is 8.97. The maximum Gasteiger partial charge on any atom is 0.252 e. The largest absolute Gasteiger partial charge is 0.377 e. The summed E-state index contributed by atoms with van der Waals surface area (Å²) >= 11 is 0. The highest BCUT2D eigenvalue weighted by molar-refractivity contribution is 7.89. The summed E-state index contributed by atoms with van der Waals surface area (Å²) in [5.41, 5.74) is 2.23. The van der Waals surface area contributed by atoms with Crippen molar-refractivity contribution in [3.05, 3.63) is 75.6 Å². The standard InChI is InChI=1S/C24H26N2O5S/c1-16-5-6-19-13-20(24(28)25-23(19)12-16)14-26(15-21-4-3-11-31-21)32(29,30)22-9-7-18(8-10-22)17(2)27/h5-10,12-13,21H,3-4,11,14-15H2,1-2H3,(H,25,28). The molecule has 0 aliphatic carbocycles. The number of H-pyrrole nitrogens is 1. The molecule has 1 fully saturated rings. The molecule has 7 nitrogen and oxygen atoms in total. The van der Waals surface area contributed by atoms with Crippen LogP contribution in [0.15, 0.2) is 58.2 Å². The molecule has 1 aliphatic heterocycles. The zero-order valence-corrected chi connectivity index (χ0v) is 18.9. The highest BCUT2D eigenvalue weighted by atomic mass is 32.2. The second-order valence-electron chi connectivity index (χ2n) is 8.23. The quantitative estimate of drug-likeness (QED) is 0.552. The second-order valence-corrected chi connectivity index (χ2v) is 10.2. The Kier molecular flexibility index (Phi) is 6.28. The summed E-state index contributed by atoms with van der Waals surface area (Å²) in [7, 11) is -3.92. The molecule has 168 valence electrons. The molecule has 8 heteroatoms. The molecule has 2 aromatic carbocycles. The Hall–Kier alpha value is -2.81. The lowest BCUT2D eigenvalue weighted by Gasteiger charge is -2.25. The molecule has 1 aromatic heterocycles. The molecule has 0 amide bonds. The van der Waals surface area contributed by atoms with Gasteiger partial charge in [0.2, 0.25) is 10.0 Å². The van der Waals surface area contributed by atoms with Crippen molar-refractivity contribution in [1.82, 2.24) is 9.29 Å². The van der Waals surface area contributed by atoms with Crippen molar-refractivity contribution in [1.29, 1.82) is 0 Å². The Labute approximate surface area is 187 Å². The fourth-order valence-electron chi connectivity index (χ4n) is 3.94. The van der Waals surface area contributed by atoms with Gasteiger partial charge in [0.25, 0.3) is 5.56 Å². The van der Waals surface area contributed by atoms with Gasteiger partial charge in [0.15, 0.2) is 5.78 Å². The summed E-state index contributed by atoms with van der Waals surface area (Å²) in [5.74, 6) is -0.136.